The Morgan fingerprint density at radius 2 is 1.86 bits per heavy atom. The minimum Gasteiger partial charge on any atom is -0.392 e. The lowest BCUT2D eigenvalue weighted by molar-refractivity contribution is -0.0339. The molecule has 1 aliphatic heterocycles. The Morgan fingerprint density at radius 1 is 1.07 bits per heavy atom. The number of hydrogen-bond donors (Lipinski definition) is 1. The van der Waals surface area contributed by atoms with E-state index in [0.717, 1.165) is 31.5 Å². The van der Waals surface area contributed by atoms with Crippen LogP contribution < -0.4 is 0 Å². The summed E-state index contributed by atoms with van der Waals surface area (Å²) in [5.41, 5.74) is 0. The summed E-state index contributed by atoms with van der Waals surface area (Å²) in [5, 5.41) is 10.2. The zero-order valence-electron chi connectivity index (χ0n) is 8.69. The fourth-order valence-corrected chi connectivity index (χ4v) is 3.46. The molecule has 0 radical (unpaired) electrons. The summed E-state index contributed by atoms with van der Waals surface area (Å²) in [6, 6.07) is 0. The normalized spacial score (nSPS) is 48.6. The van der Waals surface area contributed by atoms with Crippen LogP contribution in [-0.4, -0.2) is 24.4 Å². The lowest BCUT2D eigenvalue weighted by atomic mass is 9.85. The molecule has 2 saturated carbocycles. The molecule has 4 unspecified atom stereocenters. The largest absolute Gasteiger partial charge is 0.392 e. The first-order chi connectivity index (χ1) is 6.84. The van der Waals surface area contributed by atoms with E-state index < -0.39 is 0 Å². The highest BCUT2D eigenvalue weighted by Gasteiger charge is 2.48. The van der Waals surface area contributed by atoms with Crippen LogP contribution in [0.2, 0.25) is 0 Å². The van der Waals surface area contributed by atoms with Crippen molar-refractivity contribution in [3.63, 3.8) is 0 Å². The Bertz CT molecular complexity index is 198. The van der Waals surface area contributed by atoms with Gasteiger partial charge in [-0.25, -0.2) is 0 Å². The highest BCUT2D eigenvalue weighted by Crippen LogP contribution is 2.55. The number of aliphatic hydroxyl groups is 1. The van der Waals surface area contributed by atoms with Crippen LogP contribution in [0, 0.1) is 23.7 Å². The van der Waals surface area contributed by atoms with Gasteiger partial charge >= 0.3 is 0 Å². The van der Waals surface area contributed by atoms with E-state index in [2.05, 4.69) is 0 Å². The van der Waals surface area contributed by atoms with Gasteiger partial charge in [0.25, 0.3) is 0 Å². The highest BCUT2D eigenvalue weighted by molar-refractivity contribution is 4.98. The molecule has 3 fully saturated rings. The van der Waals surface area contributed by atoms with Crippen LogP contribution in [0.5, 0.6) is 0 Å². The van der Waals surface area contributed by atoms with Crippen LogP contribution in [0.4, 0.5) is 0 Å². The lowest BCUT2D eigenvalue weighted by Crippen LogP contribution is -2.34. The van der Waals surface area contributed by atoms with Crippen LogP contribution in [0.15, 0.2) is 0 Å². The smallest absolute Gasteiger partial charge is 0.0618 e. The third-order valence-corrected chi connectivity index (χ3v) is 4.44. The average molecular weight is 196 g/mol. The average Bonchev–Trinajstić information content (AvgIpc) is 2.86. The van der Waals surface area contributed by atoms with Gasteiger partial charge in [-0.3, -0.25) is 0 Å². The fraction of sp³-hybridized carbons (Fsp3) is 1.00. The number of rotatable bonds is 2. The van der Waals surface area contributed by atoms with Gasteiger partial charge in [0.1, 0.15) is 0 Å². The first kappa shape index (κ1) is 9.17. The monoisotopic (exact) mass is 196 g/mol. The molecule has 2 heteroatoms. The van der Waals surface area contributed by atoms with Crippen molar-refractivity contribution >= 4 is 0 Å². The van der Waals surface area contributed by atoms with Crippen LogP contribution in [0.1, 0.15) is 32.1 Å². The molecule has 0 spiro atoms. The van der Waals surface area contributed by atoms with Crippen molar-refractivity contribution in [3.8, 4) is 0 Å². The third-order valence-electron chi connectivity index (χ3n) is 4.44. The van der Waals surface area contributed by atoms with Crippen LogP contribution in [0.3, 0.4) is 0 Å². The molecule has 4 atom stereocenters. The van der Waals surface area contributed by atoms with Gasteiger partial charge in [-0.05, 0) is 49.9 Å². The fourth-order valence-electron chi connectivity index (χ4n) is 3.46. The summed E-state index contributed by atoms with van der Waals surface area (Å²) in [4.78, 5) is 0. The molecular weight excluding hydrogens is 176 g/mol. The van der Waals surface area contributed by atoms with Gasteiger partial charge in [0.15, 0.2) is 0 Å². The Morgan fingerprint density at radius 3 is 2.50 bits per heavy atom. The third kappa shape index (κ3) is 1.59. The van der Waals surface area contributed by atoms with Crippen molar-refractivity contribution in [2.24, 2.45) is 23.7 Å². The standard InChI is InChI=1S/C12H20O2/c13-12(8-2-1-3-14-7-8)11-5-9-4-10(9)6-11/h8-13H,1-7H2. The van der Waals surface area contributed by atoms with Crippen LogP contribution >= 0.6 is 0 Å². The molecule has 80 valence electrons. The van der Waals surface area contributed by atoms with E-state index in [0.29, 0.717) is 11.8 Å². The van der Waals surface area contributed by atoms with Gasteiger partial charge in [-0.15, -0.1) is 0 Å². The Hall–Kier alpha value is -0.0800. The lowest BCUT2D eigenvalue weighted by Gasteiger charge is -2.31. The van der Waals surface area contributed by atoms with Crippen LogP contribution in [-0.2, 0) is 4.74 Å². The van der Waals surface area contributed by atoms with E-state index in [1.165, 1.54) is 25.7 Å². The summed E-state index contributed by atoms with van der Waals surface area (Å²) in [7, 11) is 0. The minimum atomic E-state index is -0.0666. The SMILES string of the molecule is OC(C1CCCOC1)C1CC2CC2C1. The zero-order chi connectivity index (χ0) is 9.54. The molecular formula is C12H20O2. The Labute approximate surface area is 85.6 Å². The van der Waals surface area contributed by atoms with Gasteiger partial charge in [0, 0.05) is 12.5 Å². The number of aliphatic hydroxyl groups excluding tert-OH is 1. The second kappa shape index (κ2) is 3.49. The topological polar surface area (TPSA) is 29.5 Å². The summed E-state index contributed by atoms with van der Waals surface area (Å²) < 4.78 is 5.44. The number of hydrogen-bond acceptors (Lipinski definition) is 2. The second-order valence-electron chi connectivity index (χ2n) is 5.46. The van der Waals surface area contributed by atoms with Crippen molar-refractivity contribution in [1.82, 2.24) is 0 Å². The van der Waals surface area contributed by atoms with Crippen molar-refractivity contribution in [2.45, 2.75) is 38.2 Å². The molecule has 3 aliphatic rings. The first-order valence-corrected chi connectivity index (χ1v) is 6.10. The molecule has 0 amide bonds. The van der Waals surface area contributed by atoms with Crippen molar-refractivity contribution < 1.29 is 9.84 Å². The molecule has 0 bridgehead atoms. The minimum absolute atomic E-state index is 0.0666. The van der Waals surface area contributed by atoms with Gasteiger partial charge in [-0.1, -0.05) is 0 Å². The second-order valence-corrected chi connectivity index (χ2v) is 5.46. The molecule has 0 aromatic carbocycles. The van der Waals surface area contributed by atoms with E-state index in [-0.39, 0.29) is 6.10 Å². The van der Waals surface area contributed by atoms with Gasteiger partial charge in [0.05, 0.1) is 12.7 Å². The highest BCUT2D eigenvalue weighted by atomic mass is 16.5. The molecule has 14 heavy (non-hydrogen) atoms. The summed E-state index contributed by atoms with van der Waals surface area (Å²) in [5.74, 6) is 3.01. The number of fused-ring (bicyclic) bond motifs is 1. The molecule has 1 N–H and O–H groups in total. The van der Waals surface area contributed by atoms with E-state index in [1.807, 2.05) is 0 Å². The molecule has 2 nitrogen and oxygen atoms in total. The van der Waals surface area contributed by atoms with Gasteiger partial charge < -0.3 is 9.84 Å². The molecule has 0 aromatic heterocycles. The Balaban J connectivity index is 1.55. The van der Waals surface area contributed by atoms with E-state index >= 15 is 0 Å². The Kier molecular flexibility index (Phi) is 2.29. The van der Waals surface area contributed by atoms with Crippen LogP contribution in [0.25, 0.3) is 0 Å². The first-order valence-electron chi connectivity index (χ1n) is 6.10. The van der Waals surface area contributed by atoms with Crippen molar-refractivity contribution in [2.75, 3.05) is 13.2 Å². The molecule has 3 rings (SSSR count). The maximum absolute atomic E-state index is 10.2. The van der Waals surface area contributed by atoms with E-state index in [9.17, 15) is 5.11 Å². The molecule has 1 saturated heterocycles. The van der Waals surface area contributed by atoms with E-state index in [4.69, 9.17) is 4.74 Å². The summed E-state index contributed by atoms with van der Waals surface area (Å²) >= 11 is 0. The van der Waals surface area contributed by atoms with E-state index in [1.54, 1.807) is 0 Å². The molecule has 0 aromatic rings. The quantitative estimate of drug-likeness (QED) is 0.730. The summed E-state index contributed by atoms with van der Waals surface area (Å²) in [6.45, 7) is 1.70. The predicted octanol–water partition coefficient (Wildman–Crippen LogP) is 1.82. The molecule has 2 aliphatic carbocycles. The predicted molar refractivity (Wildman–Crippen MR) is 53.9 cm³/mol. The summed E-state index contributed by atoms with van der Waals surface area (Å²) in [6.07, 6.45) is 6.28. The van der Waals surface area contributed by atoms with Crippen molar-refractivity contribution in [3.05, 3.63) is 0 Å². The van der Waals surface area contributed by atoms with Gasteiger partial charge in [0.2, 0.25) is 0 Å². The van der Waals surface area contributed by atoms with Crippen molar-refractivity contribution in [1.29, 1.82) is 0 Å². The molecule has 1 heterocycles. The maximum atomic E-state index is 10.2. The number of ether oxygens (including phenoxy) is 1. The zero-order valence-corrected chi connectivity index (χ0v) is 8.69. The maximum Gasteiger partial charge on any atom is 0.0618 e. The van der Waals surface area contributed by atoms with Gasteiger partial charge in [-0.2, -0.15) is 0 Å².